The van der Waals surface area contributed by atoms with E-state index in [1.54, 1.807) is 0 Å². The minimum atomic E-state index is 0.138. The van der Waals surface area contributed by atoms with Crippen molar-refractivity contribution in [3.05, 3.63) is 23.4 Å². The molecule has 0 unspecified atom stereocenters. The van der Waals surface area contributed by atoms with Crippen LogP contribution in [-0.2, 0) is 13.0 Å². The van der Waals surface area contributed by atoms with Crippen LogP contribution in [0.4, 0.5) is 5.82 Å². The molecule has 3 heteroatoms. The first-order valence-corrected chi connectivity index (χ1v) is 8.43. The zero-order valence-corrected chi connectivity index (χ0v) is 14.4. The lowest BCUT2D eigenvalue weighted by Gasteiger charge is -2.36. The van der Waals surface area contributed by atoms with Gasteiger partial charge in [0.2, 0.25) is 0 Å². The number of hydrogen-bond donors (Lipinski definition) is 1. The topological polar surface area (TPSA) is 28.2 Å². The molecular weight excluding hydrogens is 258 g/mol. The summed E-state index contributed by atoms with van der Waals surface area (Å²) in [5, 5.41) is 3.61. The molecule has 1 heterocycles. The normalized spacial score (nSPS) is 15.3. The molecule has 0 aliphatic heterocycles. The van der Waals surface area contributed by atoms with Gasteiger partial charge in [0.25, 0.3) is 0 Å². The monoisotopic (exact) mass is 289 g/mol. The van der Waals surface area contributed by atoms with Crippen LogP contribution in [0.5, 0.6) is 0 Å². The van der Waals surface area contributed by atoms with Crippen molar-refractivity contribution in [2.75, 3.05) is 11.9 Å². The molecule has 0 spiro atoms. The van der Waals surface area contributed by atoms with Gasteiger partial charge >= 0.3 is 0 Å². The summed E-state index contributed by atoms with van der Waals surface area (Å²) in [6.07, 6.45) is 5.99. The molecule has 1 saturated carbocycles. The molecule has 118 valence electrons. The summed E-state index contributed by atoms with van der Waals surface area (Å²) in [6, 6.07) is 5.28. The van der Waals surface area contributed by atoms with Crippen LogP contribution < -0.4 is 10.2 Å². The largest absolute Gasteiger partial charge is 0.355 e. The zero-order valence-electron chi connectivity index (χ0n) is 14.4. The van der Waals surface area contributed by atoms with E-state index in [-0.39, 0.29) is 5.54 Å². The van der Waals surface area contributed by atoms with E-state index in [4.69, 9.17) is 4.98 Å². The molecular formula is C18H31N3. The SMILES string of the molecule is CCCc1cc(CNC2CC2)cc(N(C)C(C)(C)CC)n1. The summed E-state index contributed by atoms with van der Waals surface area (Å²) in [5.74, 6) is 1.11. The average molecular weight is 289 g/mol. The highest BCUT2D eigenvalue weighted by Crippen LogP contribution is 2.25. The maximum Gasteiger partial charge on any atom is 0.129 e. The van der Waals surface area contributed by atoms with E-state index in [0.717, 1.165) is 37.7 Å². The molecule has 0 radical (unpaired) electrons. The molecule has 0 bridgehead atoms. The third-order valence-corrected chi connectivity index (χ3v) is 4.72. The van der Waals surface area contributed by atoms with Crippen LogP contribution in [0.3, 0.4) is 0 Å². The Morgan fingerprint density at radius 3 is 2.57 bits per heavy atom. The second kappa shape index (κ2) is 6.78. The Labute approximate surface area is 130 Å². The van der Waals surface area contributed by atoms with Gasteiger partial charge in [-0.05, 0) is 57.2 Å². The predicted molar refractivity (Wildman–Crippen MR) is 90.9 cm³/mol. The highest BCUT2D eigenvalue weighted by molar-refractivity contribution is 5.44. The second-order valence-corrected chi connectivity index (χ2v) is 6.96. The maximum absolute atomic E-state index is 4.88. The molecule has 1 aromatic heterocycles. The Hall–Kier alpha value is -1.09. The number of anilines is 1. The number of rotatable bonds is 8. The van der Waals surface area contributed by atoms with Crippen molar-refractivity contribution in [3.8, 4) is 0 Å². The van der Waals surface area contributed by atoms with Crippen LogP contribution in [-0.4, -0.2) is 23.6 Å². The van der Waals surface area contributed by atoms with E-state index in [1.165, 1.54) is 24.1 Å². The van der Waals surface area contributed by atoms with E-state index in [9.17, 15) is 0 Å². The number of aromatic nitrogens is 1. The van der Waals surface area contributed by atoms with Gasteiger partial charge in [0.05, 0.1) is 0 Å². The van der Waals surface area contributed by atoms with Crippen LogP contribution >= 0.6 is 0 Å². The van der Waals surface area contributed by atoms with Crippen molar-refractivity contribution in [1.29, 1.82) is 0 Å². The fourth-order valence-electron chi connectivity index (χ4n) is 2.39. The van der Waals surface area contributed by atoms with Gasteiger partial charge in [-0.2, -0.15) is 0 Å². The summed E-state index contributed by atoms with van der Waals surface area (Å²) in [7, 11) is 2.17. The maximum atomic E-state index is 4.88. The Kier molecular flexibility index (Phi) is 5.26. The lowest BCUT2D eigenvalue weighted by molar-refractivity contribution is 0.466. The summed E-state index contributed by atoms with van der Waals surface area (Å²) < 4.78 is 0. The van der Waals surface area contributed by atoms with E-state index in [1.807, 2.05) is 0 Å². The van der Waals surface area contributed by atoms with Gasteiger partial charge in [-0.3, -0.25) is 0 Å². The van der Waals surface area contributed by atoms with Crippen LogP contribution in [0.25, 0.3) is 0 Å². The molecule has 1 aliphatic carbocycles. The number of nitrogens with zero attached hydrogens (tertiary/aromatic N) is 2. The van der Waals surface area contributed by atoms with Crippen molar-refractivity contribution < 1.29 is 0 Å². The minimum absolute atomic E-state index is 0.138. The lowest BCUT2D eigenvalue weighted by Crippen LogP contribution is -2.41. The standard InChI is InChI=1S/C18H31N3/c1-6-8-16-11-14(13-19-15-9-10-15)12-17(20-16)21(5)18(3,4)7-2/h11-12,15,19H,6-10,13H2,1-5H3. The van der Waals surface area contributed by atoms with E-state index in [0.29, 0.717) is 0 Å². The summed E-state index contributed by atoms with van der Waals surface area (Å²) in [6.45, 7) is 9.99. The molecule has 1 aromatic rings. The van der Waals surface area contributed by atoms with Crippen LogP contribution in [0.15, 0.2) is 12.1 Å². The van der Waals surface area contributed by atoms with Crippen LogP contribution in [0.1, 0.15) is 64.6 Å². The van der Waals surface area contributed by atoms with Gasteiger partial charge in [0.15, 0.2) is 0 Å². The quantitative estimate of drug-likeness (QED) is 0.786. The van der Waals surface area contributed by atoms with Crippen molar-refractivity contribution >= 4 is 5.82 Å². The number of hydrogen-bond acceptors (Lipinski definition) is 3. The van der Waals surface area contributed by atoms with Gasteiger partial charge in [-0.15, -0.1) is 0 Å². The van der Waals surface area contributed by atoms with Gasteiger partial charge in [-0.1, -0.05) is 20.3 Å². The molecule has 3 nitrogen and oxygen atoms in total. The molecule has 1 N–H and O–H groups in total. The van der Waals surface area contributed by atoms with Gasteiger partial charge in [0, 0.05) is 30.9 Å². The molecule has 1 fully saturated rings. The number of aryl methyl sites for hydroxylation is 1. The molecule has 1 aliphatic rings. The van der Waals surface area contributed by atoms with E-state index < -0.39 is 0 Å². The predicted octanol–water partition coefficient (Wildman–Crippen LogP) is 3.91. The average Bonchev–Trinajstić information content (AvgIpc) is 3.28. The summed E-state index contributed by atoms with van der Waals surface area (Å²) >= 11 is 0. The first-order valence-electron chi connectivity index (χ1n) is 8.43. The van der Waals surface area contributed by atoms with Gasteiger partial charge in [0.1, 0.15) is 5.82 Å². The highest BCUT2D eigenvalue weighted by Gasteiger charge is 2.24. The Morgan fingerprint density at radius 1 is 1.29 bits per heavy atom. The Balaban J connectivity index is 2.20. The smallest absolute Gasteiger partial charge is 0.129 e. The first kappa shape index (κ1) is 16.3. The molecule has 0 aromatic carbocycles. The molecule has 21 heavy (non-hydrogen) atoms. The minimum Gasteiger partial charge on any atom is -0.355 e. The third-order valence-electron chi connectivity index (χ3n) is 4.72. The van der Waals surface area contributed by atoms with Crippen molar-refractivity contribution in [3.63, 3.8) is 0 Å². The second-order valence-electron chi connectivity index (χ2n) is 6.96. The fourth-order valence-corrected chi connectivity index (χ4v) is 2.39. The third kappa shape index (κ3) is 4.44. The van der Waals surface area contributed by atoms with E-state index in [2.05, 4.69) is 57.1 Å². The molecule has 0 saturated heterocycles. The first-order chi connectivity index (χ1) is 9.96. The van der Waals surface area contributed by atoms with E-state index >= 15 is 0 Å². The van der Waals surface area contributed by atoms with Crippen LogP contribution in [0, 0.1) is 0 Å². The Morgan fingerprint density at radius 2 is 2.00 bits per heavy atom. The van der Waals surface area contributed by atoms with Crippen molar-refractivity contribution in [1.82, 2.24) is 10.3 Å². The van der Waals surface area contributed by atoms with Gasteiger partial charge < -0.3 is 10.2 Å². The highest BCUT2D eigenvalue weighted by atomic mass is 15.2. The van der Waals surface area contributed by atoms with Crippen molar-refractivity contribution in [2.45, 2.75) is 77.9 Å². The van der Waals surface area contributed by atoms with Crippen LogP contribution in [0.2, 0.25) is 0 Å². The molecule has 2 rings (SSSR count). The summed E-state index contributed by atoms with van der Waals surface area (Å²) in [4.78, 5) is 7.20. The summed E-state index contributed by atoms with van der Waals surface area (Å²) in [5.41, 5.74) is 2.73. The lowest BCUT2D eigenvalue weighted by atomic mass is 9.99. The molecule has 0 atom stereocenters. The molecule has 0 amide bonds. The number of pyridine rings is 1. The fraction of sp³-hybridized carbons (Fsp3) is 0.722. The van der Waals surface area contributed by atoms with Gasteiger partial charge in [-0.25, -0.2) is 4.98 Å². The number of nitrogens with one attached hydrogen (secondary N) is 1. The Bertz CT molecular complexity index is 464. The zero-order chi connectivity index (χ0) is 15.5. The van der Waals surface area contributed by atoms with Crippen molar-refractivity contribution in [2.24, 2.45) is 0 Å².